The number of hydrogen-bond acceptors (Lipinski definition) is 5. The van der Waals surface area contributed by atoms with Gasteiger partial charge in [0.15, 0.2) is 5.82 Å². The molecule has 0 bridgehead atoms. The molecule has 1 saturated heterocycles. The van der Waals surface area contributed by atoms with Gasteiger partial charge in [0.05, 0.1) is 12.4 Å². The summed E-state index contributed by atoms with van der Waals surface area (Å²) in [6.45, 7) is 2.07. The molecular weight excluding hydrogens is 278 g/mol. The Morgan fingerprint density at radius 2 is 2.00 bits per heavy atom. The summed E-state index contributed by atoms with van der Waals surface area (Å²) in [6.07, 6.45) is 6.66. The van der Waals surface area contributed by atoms with Crippen LogP contribution in [0.3, 0.4) is 0 Å². The molecule has 106 valence electrons. The molecule has 2 aromatic rings. The first kappa shape index (κ1) is 13.1. The van der Waals surface area contributed by atoms with Gasteiger partial charge in [0.1, 0.15) is 4.90 Å². The van der Waals surface area contributed by atoms with Crippen molar-refractivity contribution in [3.63, 3.8) is 0 Å². The van der Waals surface area contributed by atoms with Crippen molar-refractivity contribution in [2.45, 2.75) is 17.7 Å². The molecule has 0 aromatic carbocycles. The minimum absolute atomic E-state index is 0.0223. The molecule has 7 nitrogen and oxygen atoms in total. The van der Waals surface area contributed by atoms with E-state index in [1.165, 1.54) is 29.9 Å². The average molecular weight is 293 g/mol. The van der Waals surface area contributed by atoms with Gasteiger partial charge in [-0.05, 0) is 18.9 Å². The number of hydrogen-bond donors (Lipinski definition) is 1. The van der Waals surface area contributed by atoms with E-state index in [-0.39, 0.29) is 4.90 Å². The Balaban J connectivity index is 1.94. The fourth-order valence-electron chi connectivity index (χ4n) is 2.28. The predicted molar refractivity (Wildman–Crippen MR) is 74.2 cm³/mol. The number of primary sulfonamides is 1. The third kappa shape index (κ3) is 2.52. The largest absolute Gasteiger partial charge is 0.371 e. The molecule has 1 aliphatic heterocycles. The van der Waals surface area contributed by atoms with Crippen molar-refractivity contribution in [3.8, 4) is 5.82 Å². The average Bonchev–Trinajstić information content (AvgIpc) is 3.10. The van der Waals surface area contributed by atoms with Crippen LogP contribution in [-0.2, 0) is 10.0 Å². The number of rotatable bonds is 3. The molecule has 3 heterocycles. The van der Waals surface area contributed by atoms with Crippen molar-refractivity contribution in [2.24, 2.45) is 5.14 Å². The maximum atomic E-state index is 11.2. The maximum Gasteiger partial charge on any atom is 0.241 e. The lowest BCUT2D eigenvalue weighted by Gasteiger charge is -2.17. The second-order valence-corrected chi connectivity index (χ2v) is 6.29. The highest BCUT2D eigenvalue weighted by molar-refractivity contribution is 7.89. The van der Waals surface area contributed by atoms with Crippen molar-refractivity contribution < 1.29 is 8.42 Å². The first-order chi connectivity index (χ1) is 9.54. The molecule has 1 fully saturated rings. The lowest BCUT2D eigenvalue weighted by Crippen LogP contribution is -2.18. The van der Waals surface area contributed by atoms with E-state index >= 15 is 0 Å². The van der Waals surface area contributed by atoms with E-state index < -0.39 is 10.0 Å². The SMILES string of the molecule is NS(=O)(=O)c1cnn(-c2cc(N3CCCC3)ccn2)c1. The zero-order valence-electron chi connectivity index (χ0n) is 10.8. The molecule has 2 aromatic heterocycles. The molecule has 0 saturated carbocycles. The van der Waals surface area contributed by atoms with E-state index in [4.69, 9.17) is 5.14 Å². The van der Waals surface area contributed by atoms with Crippen LogP contribution in [0, 0.1) is 0 Å². The number of nitrogens with zero attached hydrogens (tertiary/aromatic N) is 4. The van der Waals surface area contributed by atoms with Gasteiger partial charge in [-0.3, -0.25) is 0 Å². The molecule has 0 atom stereocenters. The zero-order chi connectivity index (χ0) is 14.2. The molecular formula is C12H15N5O2S. The molecule has 0 unspecified atom stereocenters. The van der Waals surface area contributed by atoms with Gasteiger partial charge in [-0.25, -0.2) is 23.2 Å². The Morgan fingerprint density at radius 1 is 1.25 bits per heavy atom. The van der Waals surface area contributed by atoms with E-state index in [2.05, 4.69) is 15.0 Å². The molecule has 0 radical (unpaired) electrons. The van der Waals surface area contributed by atoms with Gasteiger partial charge in [0, 0.05) is 31.0 Å². The van der Waals surface area contributed by atoms with Gasteiger partial charge in [0.25, 0.3) is 0 Å². The number of anilines is 1. The van der Waals surface area contributed by atoms with E-state index in [9.17, 15) is 8.42 Å². The van der Waals surface area contributed by atoms with Crippen molar-refractivity contribution in [3.05, 3.63) is 30.7 Å². The van der Waals surface area contributed by atoms with Crippen LogP contribution in [0.2, 0.25) is 0 Å². The number of nitrogens with two attached hydrogens (primary N) is 1. The highest BCUT2D eigenvalue weighted by atomic mass is 32.2. The standard InChI is InChI=1S/C12H15N5O2S/c13-20(18,19)11-8-15-17(9-11)12-7-10(3-4-14-12)16-5-1-2-6-16/h3-4,7-9H,1-2,5-6H2,(H2,13,18,19). The summed E-state index contributed by atoms with van der Waals surface area (Å²) >= 11 is 0. The minimum Gasteiger partial charge on any atom is -0.371 e. The molecule has 20 heavy (non-hydrogen) atoms. The fourth-order valence-corrected chi connectivity index (χ4v) is 2.72. The second-order valence-electron chi connectivity index (χ2n) is 4.73. The van der Waals surface area contributed by atoms with Gasteiger partial charge >= 0.3 is 0 Å². The van der Waals surface area contributed by atoms with E-state index in [1.807, 2.05) is 12.1 Å². The molecule has 2 N–H and O–H groups in total. The summed E-state index contributed by atoms with van der Waals surface area (Å²) < 4.78 is 23.9. The summed E-state index contributed by atoms with van der Waals surface area (Å²) in [5.41, 5.74) is 1.07. The smallest absolute Gasteiger partial charge is 0.241 e. The monoisotopic (exact) mass is 293 g/mol. The molecule has 0 amide bonds. The van der Waals surface area contributed by atoms with Crippen molar-refractivity contribution in [2.75, 3.05) is 18.0 Å². The Bertz CT molecular complexity index is 719. The third-order valence-corrected chi connectivity index (χ3v) is 4.19. The number of sulfonamides is 1. The lowest BCUT2D eigenvalue weighted by atomic mass is 10.3. The van der Waals surface area contributed by atoms with E-state index in [0.29, 0.717) is 5.82 Å². The molecule has 0 aliphatic carbocycles. The third-order valence-electron chi connectivity index (χ3n) is 3.32. The van der Waals surface area contributed by atoms with Crippen LogP contribution in [0.5, 0.6) is 0 Å². The van der Waals surface area contributed by atoms with Gasteiger partial charge in [-0.1, -0.05) is 0 Å². The summed E-state index contributed by atoms with van der Waals surface area (Å²) in [4.78, 5) is 6.47. The normalized spacial score (nSPS) is 15.8. The van der Waals surface area contributed by atoms with Crippen LogP contribution >= 0.6 is 0 Å². The highest BCUT2D eigenvalue weighted by Gasteiger charge is 2.15. The minimum atomic E-state index is -3.74. The van der Waals surface area contributed by atoms with Crippen molar-refractivity contribution in [1.29, 1.82) is 0 Å². The molecule has 8 heteroatoms. The zero-order valence-corrected chi connectivity index (χ0v) is 11.6. The summed E-state index contributed by atoms with van der Waals surface area (Å²) in [5, 5.41) is 9.06. The van der Waals surface area contributed by atoms with Crippen molar-refractivity contribution >= 4 is 15.7 Å². The summed E-state index contributed by atoms with van der Waals surface area (Å²) in [5.74, 6) is 0.573. The van der Waals surface area contributed by atoms with Crippen LogP contribution in [0.1, 0.15) is 12.8 Å². The van der Waals surface area contributed by atoms with Crippen LogP contribution < -0.4 is 10.0 Å². The quantitative estimate of drug-likeness (QED) is 0.890. The highest BCUT2D eigenvalue weighted by Crippen LogP contribution is 2.21. The fraction of sp³-hybridized carbons (Fsp3) is 0.333. The van der Waals surface area contributed by atoms with E-state index in [0.717, 1.165) is 18.8 Å². The Hall–Kier alpha value is -1.93. The van der Waals surface area contributed by atoms with Crippen molar-refractivity contribution in [1.82, 2.24) is 14.8 Å². The first-order valence-electron chi connectivity index (χ1n) is 6.33. The Labute approximate surface area is 117 Å². The summed E-state index contributed by atoms with van der Waals surface area (Å²) in [7, 11) is -3.74. The van der Waals surface area contributed by atoms with Crippen LogP contribution in [0.25, 0.3) is 5.82 Å². The number of aromatic nitrogens is 3. The molecule has 0 spiro atoms. The predicted octanol–water partition coefficient (Wildman–Crippen LogP) is 0.515. The van der Waals surface area contributed by atoms with Gasteiger partial charge in [-0.15, -0.1) is 0 Å². The topological polar surface area (TPSA) is 94.1 Å². The number of pyridine rings is 1. The Morgan fingerprint density at radius 3 is 2.65 bits per heavy atom. The second kappa shape index (κ2) is 4.88. The van der Waals surface area contributed by atoms with Gasteiger partial charge in [0.2, 0.25) is 10.0 Å². The van der Waals surface area contributed by atoms with Gasteiger partial charge in [-0.2, -0.15) is 5.10 Å². The molecule has 3 rings (SSSR count). The lowest BCUT2D eigenvalue weighted by molar-refractivity contribution is 0.598. The first-order valence-corrected chi connectivity index (χ1v) is 7.87. The van der Waals surface area contributed by atoms with Gasteiger partial charge < -0.3 is 4.90 Å². The summed E-state index contributed by atoms with van der Waals surface area (Å²) in [6, 6.07) is 3.84. The van der Waals surface area contributed by atoms with E-state index in [1.54, 1.807) is 6.20 Å². The van der Waals surface area contributed by atoms with Crippen LogP contribution in [-0.4, -0.2) is 36.3 Å². The molecule has 1 aliphatic rings. The Kier molecular flexibility index (Phi) is 3.19. The maximum absolute atomic E-state index is 11.2. The van der Waals surface area contributed by atoms with Crippen LogP contribution in [0.15, 0.2) is 35.6 Å². The van der Waals surface area contributed by atoms with Crippen LogP contribution in [0.4, 0.5) is 5.69 Å².